The van der Waals surface area contributed by atoms with Gasteiger partial charge in [-0.15, -0.1) is 0 Å². The molecule has 0 aliphatic carbocycles. The number of nitro groups is 1. The van der Waals surface area contributed by atoms with Crippen molar-refractivity contribution in [2.24, 2.45) is 0 Å². The Morgan fingerprint density at radius 1 is 1.53 bits per heavy atom. The highest BCUT2D eigenvalue weighted by Gasteiger charge is 2.27. The van der Waals surface area contributed by atoms with Crippen molar-refractivity contribution in [1.82, 2.24) is 9.97 Å². The van der Waals surface area contributed by atoms with E-state index < -0.39 is 4.92 Å². The lowest BCUT2D eigenvalue weighted by Gasteiger charge is -2.26. The molecular weight excluding hydrogens is 250 g/mol. The molecule has 0 bridgehead atoms. The first-order chi connectivity index (χ1) is 9.02. The molecule has 8 heteroatoms. The molecule has 8 nitrogen and oxygen atoms in total. The highest BCUT2D eigenvalue weighted by molar-refractivity contribution is 5.70. The Labute approximate surface area is 111 Å². The number of aromatic nitrogens is 2. The van der Waals surface area contributed by atoms with Gasteiger partial charge in [-0.2, -0.15) is 0 Å². The third-order valence-corrected chi connectivity index (χ3v) is 2.57. The molecule has 0 saturated heterocycles. The summed E-state index contributed by atoms with van der Waals surface area (Å²) in [7, 11) is 0. The van der Waals surface area contributed by atoms with Crippen LogP contribution < -0.4 is 10.2 Å². The molecule has 1 aromatic heterocycles. The van der Waals surface area contributed by atoms with Crippen molar-refractivity contribution in [3.05, 3.63) is 16.4 Å². The second-order valence-electron chi connectivity index (χ2n) is 4.19. The molecule has 2 N–H and O–H groups in total. The first-order valence-corrected chi connectivity index (χ1v) is 6.13. The molecule has 1 aromatic rings. The molecule has 0 spiro atoms. The van der Waals surface area contributed by atoms with Crippen LogP contribution in [0.1, 0.15) is 20.8 Å². The number of nitrogens with one attached hydrogen (secondary N) is 1. The van der Waals surface area contributed by atoms with Crippen LogP contribution in [0.4, 0.5) is 17.3 Å². The van der Waals surface area contributed by atoms with E-state index in [1.807, 2.05) is 20.8 Å². The van der Waals surface area contributed by atoms with E-state index in [2.05, 4.69) is 15.3 Å². The van der Waals surface area contributed by atoms with Crippen molar-refractivity contribution in [3.63, 3.8) is 0 Å². The molecule has 0 radical (unpaired) electrons. The predicted molar refractivity (Wildman–Crippen MR) is 72.4 cm³/mol. The molecule has 106 valence electrons. The van der Waals surface area contributed by atoms with Crippen LogP contribution in [-0.2, 0) is 0 Å². The largest absolute Gasteiger partial charge is 0.395 e. The summed E-state index contributed by atoms with van der Waals surface area (Å²) in [5, 5.41) is 23.2. The molecule has 0 aliphatic heterocycles. The zero-order valence-electron chi connectivity index (χ0n) is 11.3. The Morgan fingerprint density at radius 3 is 2.68 bits per heavy atom. The highest BCUT2D eigenvalue weighted by Crippen LogP contribution is 2.32. The fourth-order valence-corrected chi connectivity index (χ4v) is 1.76. The Bertz CT molecular complexity index is 438. The Hall–Kier alpha value is -1.96. The van der Waals surface area contributed by atoms with Crippen LogP contribution in [-0.4, -0.2) is 45.7 Å². The van der Waals surface area contributed by atoms with E-state index >= 15 is 0 Å². The van der Waals surface area contributed by atoms with Crippen LogP contribution in [0.15, 0.2) is 6.33 Å². The Balaban J connectivity index is 3.31. The van der Waals surface area contributed by atoms with Crippen molar-refractivity contribution in [3.8, 4) is 0 Å². The van der Waals surface area contributed by atoms with E-state index in [0.29, 0.717) is 6.54 Å². The van der Waals surface area contributed by atoms with Gasteiger partial charge in [-0.05, 0) is 20.8 Å². The smallest absolute Gasteiger partial charge is 0.353 e. The van der Waals surface area contributed by atoms with Crippen molar-refractivity contribution in [2.75, 3.05) is 29.9 Å². The standard InChI is InChI=1S/C11H19N5O3/c1-4-12-10-9(16(18)19)11(14-7-13-10)15(5-6-17)8(2)3/h7-8,17H,4-6H2,1-3H3,(H,12,13,14). The quantitative estimate of drug-likeness (QED) is 0.562. The summed E-state index contributed by atoms with van der Waals surface area (Å²) in [4.78, 5) is 20.3. The molecular formula is C11H19N5O3. The lowest BCUT2D eigenvalue weighted by molar-refractivity contribution is -0.383. The van der Waals surface area contributed by atoms with Crippen LogP contribution in [0.2, 0.25) is 0 Å². The molecule has 0 unspecified atom stereocenters. The Kier molecular flexibility index (Phi) is 5.43. The number of rotatable bonds is 7. The topological polar surface area (TPSA) is 104 Å². The number of aliphatic hydroxyl groups excluding tert-OH is 1. The third kappa shape index (κ3) is 3.50. The molecule has 1 rings (SSSR count). The fourth-order valence-electron chi connectivity index (χ4n) is 1.76. The minimum absolute atomic E-state index is 0.0183. The zero-order chi connectivity index (χ0) is 14.4. The summed E-state index contributed by atoms with van der Waals surface area (Å²) in [6.45, 7) is 6.30. The minimum Gasteiger partial charge on any atom is -0.395 e. The van der Waals surface area contributed by atoms with Gasteiger partial charge in [0.25, 0.3) is 0 Å². The van der Waals surface area contributed by atoms with E-state index in [9.17, 15) is 10.1 Å². The lowest BCUT2D eigenvalue weighted by Crippen LogP contribution is -2.34. The second kappa shape index (κ2) is 6.83. The van der Waals surface area contributed by atoms with E-state index in [1.54, 1.807) is 4.90 Å². The summed E-state index contributed by atoms with van der Waals surface area (Å²) >= 11 is 0. The minimum atomic E-state index is -0.500. The van der Waals surface area contributed by atoms with Gasteiger partial charge in [0.05, 0.1) is 11.5 Å². The molecule has 0 aliphatic rings. The van der Waals surface area contributed by atoms with Gasteiger partial charge in [-0.25, -0.2) is 9.97 Å². The van der Waals surface area contributed by atoms with E-state index in [0.717, 1.165) is 0 Å². The number of anilines is 2. The summed E-state index contributed by atoms with van der Waals surface area (Å²) in [6.07, 6.45) is 1.28. The van der Waals surface area contributed by atoms with Crippen LogP contribution in [0, 0.1) is 10.1 Å². The summed E-state index contributed by atoms with van der Waals surface area (Å²) in [5.74, 6) is 0.418. The van der Waals surface area contributed by atoms with Gasteiger partial charge in [-0.1, -0.05) is 0 Å². The molecule has 0 amide bonds. The third-order valence-electron chi connectivity index (χ3n) is 2.57. The lowest BCUT2D eigenvalue weighted by atomic mass is 10.3. The second-order valence-corrected chi connectivity index (χ2v) is 4.19. The van der Waals surface area contributed by atoms with Crippen molar-refractivity contribution >= 4 is 17.3 Å². The first kappa shape index (κ1) is 15.1. The van der Waals surface area contributed by atoms with Crippen LogP contribution in [0.5, 0.6) is 0 Å². The van der Waals surface area contributed by atoms with Gasteiger partial charge in [0, 0.05) is 19.1 Å². The maximum Gasteiger partial charge on any atom is 0.353 e. The predicted octanol–water partition coefficient (Wildman–Crippen LogP) is 1.02. The molecule has 0 saturated carbocycles. The van der Waals surface area contributed by atoms with Crippen LogP contribution in [0.25, 0.3) is 0 Å². The summed E-state index contributed by atoms with van der Waals surface area (Å²) in [5.41, 5.74) is -0.161. The van der Waals surface area contributed by atoms with Crippen molar-refractivity contribution in [1.29, 1.82) is 0 Å². The van der Waals surface area contributed by atoms with Gasteiger partial charge in [0.2, 0.25) is 11.6 Å². The average Bonchev–Trinajstić information content (AvgIpc) is 2.35. The van der Waals surface area contributed by atoms with Gasteiger partial charge >= 0.3 is 5.69 Å². The molecule has 0 atom stereocenters. The van der Waals surface area contributed by atoms with Gasteiger partial charge in [0.1, 0.15) is 6.33 Å². The van der Waals surface area contributed by atoms with Gasteiger partial charge in [-0.3, -0.25) is 10.1 Å². The monoisotopic (exact) mass is 269 g/mol. The molecule has 0 fully saturated rings. The average molecular weight is 269 g/mol. The number of hydrogen-bond acceptors (Lipinski definition) is 7. The molecule has 0 aromatic carbocycles. The molecule has 19 heavy (non-hydrogen) atoms. The maximum atomic E-state index is 11.2. The summed E-state index contributed by atoms with van der Waals surface area (Å²) < 4.78 is 0. The van der Waals surface area contributed by atoms with Crippen LogP contribution in [0.3, 0.4) is 0 Å². The van der Waals surface area contributed by atoms with E-state index in [1.165, 1.54) is 6.33 Å². The van der Waals surface area contributed by atoms with Crippen molar-refractivity contribution < 1.29 is 10.0 Å². The van der Waals surface area contributed by atoms with Crippen molar-refractivity contribution in [2.45, 2.75) is 26.8 Å². The normalized spacial score (nSPS) is 10.6. The van der Waals surface area contributed by atoms with Gasteiger partial charge < -0.3 is 15.3 Å². The van der Waals surface area contributed by atoms with E-state index in [4.69, 9.17) is 5.11 Å². The molecule has 1 heterocycles. The Morgan fingerprint density at radius 2 is 2.21 bits per heavy atom. The van der Waals surface area contributed by atoms with E-state index in [-0.39, 0.29) is 36.5 Å². The number of aliphatic hydroxyl groups is 1. The van der Waals surface area contributed by atoms with Gasteiger partial charge in [0.15, 0.2) is 0 Å². The maximum absolute atomic E-state index is 11.2. The zero-order valence-corrected chi connectivity index (χ0v) is 11.3. The SMILES string of the molecule is CCNc1ncnc(N(CCO)C(C)C)c1[N+](=O)[O-]. The highest BCUT2D eigenvalue weighted by atomic mass is 16.6. The number of hydrogen-bond donors (Lipinski definition) is 2. The number of nitrogens with zero attached hydrogens (tertiary/aromatic N) is 4. The van der Waals surface area contributed by atoms with Crippen LogP contribution >= 0.6 is 0 Å². The first-order valence-electron chi connectivity index (χ1n) is 6.13. The summed E-state index contributed by atoms with van der Waals surface area (Å²) in [6, 6.07) is -0.0183. The fraction of sp³-hybridized carbons (Fsp3) is 0.636.